The predicted molar refractivity (Wildman–Crippen MR) is 142 cm³/mol. The van der Waals surface area contributed by atoms with E-state index in [1.54, 1.807) is 11.8 Å². The lowest BCUT2D eigenvalue weighted by Crippen LogP contribution is -2.32. The number of alkyl carbamates (subject to hydrolysis) is 1. The Labute approximate surface area is 208 Å². The zero-order valence-electron chi connectivity index (χ0n) is 23.2. The van der Waals surface area contributed by atoms with Crippen molar-refractivity contribution < 1.29 is 23.8 Å². The number of ether oxygens (including phenoxy) is 3. The fourth-order valence-corrected chi connectivity index (χ4v) is 2.75. The van der Waals surface area contributed by atoms with E-state index in [2.05, 4.69) is 31.4 Å². The van der Waals surface area contributed by atoms with Crippen LogP contribution in [-0.2, 0) is 19.0 Å². The molecule has 0 fully saturated rings. The van der Waals surface area contributed by atoms with Gasteiger partial charge in [0.1, 0.15) is 11.0 Å². The van der Waals surface area contributed by atoms with Crippen molar-refractivity contribution in [2.45, 2.75) is 118 Å². The van der Waals surface area contributed by atoms with Crippen LogP contribution < -0.4 is 10.6 Å². The Morgan fingerprint density at radius 1 is 0.909 bits per heavy atom. The lowest BCUT2D eigenvalue weighted by Gasteiger charge is -2.19. The Bertz CT molecular complexity index is 445. The second kappa shape index (κ2) is 25.6. The van der Waals surface area contributed by atoms with Gasteiger partial charge in [0.15, 0.2) is 0 Å². The van der Waals surface area contributed by atoms with E-state index in [1.165, 1.54) is 0 Å². The molecule has 0 radical (unpaired) electrons. The highest BCUT2D eigenvalue weighted by atomic mass is 32.2. The maximum atomic E-state index is 11.7. The van der Waals surface area contributed by atoms with Crippen LogP contribution in [0.3, 0.4) is 0 Å². The zero-order chi connectivity index (χ0) is 26.1. The number of rotatable bonds is 15. The van der Waals surface area contributed by atoms with Crippen LogP contribution in [0.2, 0.25) is 0 Å². The van der Waals surface area contributed by atoms with E-state index in [-0.39, 0.29) is 29.1 Å². The van der Waals surface area contributed by atoms with Crippen LogP contribution in [0.5, 0.6) is 0 Å². The van der Waals surface area contributed by atoms with E-state index < -0.39 is 0 Å². The van der Waals surface area contributed by atoms with Gasteiger partial charge >= 0.3 is 6.09 Å². The van der Waals surface area contributed by atoms with Crippen molar-refractivity contribution >= 4 is 23.8 Å². The van der Waals surface area contributed by atoms with E-state index in [4.69, 9.17) is 14.2 Å². The molecule has 0 saturated heterocycles. The number of carbonyl (C=O) groups is 2. The fourth-order valence-electron chi connectivity index (χ4n) is 2.07. The molecule has 0 aliphatic rings. The van der Waals surface area contributed by atoms with E-state index in [1.807, 2.05) is 48.5 Å². The SMILES string of the molecule is CC.CCCCOC(C)CCNC(=O)CSC(C)OCCCC.CCNC(=O)OC(C)(C)C. The van der Waals surface area contributed by atoms with Gasteiger partial charge in [-0.05, 0) is 60.8 Å². The summed E-state index contributed by atoms with van der Waals surface area (Å²) in [7, 11) is 0. The quantitative estimate of drug-likeness (QED) is 0.210. The van der Waals surface area contributed by atoms with Crippen molar-refractivity contribution in [3.63, 3.8) is 0 Å². The van der Waals surface area contributed by atoms with E-state index in [0.29, 0.717) is 18.8 Å². The molecule has 0 aliphatic heterocycles. The van der Waals surface area contributed by atoms with Crippen molar-refractivity contribution in [1.82, 2.24) is 10.6 Å². The summed E-state index contributed by atoms with van der Waals surface area (Å²) < 4.78 is 16.2. The van der Waals surface area contributed by atoms with Gasteiger partial charge in [-0.25, -0.2) is 4.79 Å². The van der Waals surface area contributed by atoms with Gasteiger partial charge in [-0.15, -0.1) is 11.8 Å². The molecule has 0 aromatic carbocycles. The lowest BCUT2D eigenvalue weighted by molar-refractivity contribution is -0.118. The van der Waals surface area contributed by atoms with Crippen molar-refractivity contribution in [1.29, 1.82) is 0 Å². The van der Waals surface area contributed by atoms with Gasteiger partial charge in [0.05, 0.1) is 11.9 Å². The summed E-state index contributed by atoms with van der Waals surface area (Å²) >= 11 is 1.55. The first-order valence-electron chi connectivity index (χ1n) is 12.6. The average Bonchev–Trinajstić information content (AvgIpc) is 2.73. The third-order valence-corrected chi connectivity index (χ3v) is 4.83. The molecule has 8 heteroatoms. The third-order valence-electron chi connectivity index (χ3n) is 3.79. The number of unbranched alkanes of at least 4 members (excludes halogenated alkanes) is 2. The monoisotopic (exact) mass is 494 g/mol. The van der Waals surface area contributed by atoms with Crippen LogP contribution in [0.1, 0.15) is 101 Å². The average molecular weight is 495 g/mol. The Morgan fingerprint density at radius 2 is 1.45 bits per heavy atom. The standard InChI is InChI=1S/C16H33NO3S.C7H15NO2.C2H6/c1-5-7-11-19-14(3)9-10-17-16(18)13-21-15(4)20-12-8-6-2;1-5-8-6(9)10-7(2,3)4;1-2/h14-15H,5-13H2,1-4H3,(H,17,18);5H2,1-4H3,(H,8,9);1-2H3. The Balaban J connectivity index is -0.000000627. The smallest absolute Gasteiger partial charge is 0.407 e. The summed E-state index contributed by atoms with van der Waals surface area (Å²) in [5, 5.41) is 5.47. The first-order chi connectivity index (χ1) is 15.6. The number of hydrogen-bond acceptors (Lipinski definition) is 6. The number of amides is 2. The first kappa shape index (κ1) is 36.6. The summed E-state index contributed by atoms with van der Waals surface area (Å²) in [6, 6.07) is 0. The zero-order valence-corrected chi connectivity index (χ0v) is 24.0. The van der Waals surface area contributed by atoms with Crippen molar-refractivity contribution in [3.8, 4) is 0 Å². The van der Waals surface area contributed by atoms with Gasteiger partial charge in [0, 0.05) is 26.3 Å². The molecule has 2 atom stereocenters. The molecule has 0 rings (SSSR count). The lowest BCUT2D eigenvalue weighted by atomic mass is 10.2. The largest absolute Gasteiger partial charge is 0.444 e. The molecule has 0 spiro atoms. The second-order valence-corrected chi connectivity index (χ2v) is 9.59. The molecule has 7 nitrogen and oxygen atoms in total. The minimum Gasteiger partial charge on any atom is -0.444 e. The minimum absolute atomic E-state index is 0.0756. The molecular weight excluding hydrogens is 440 g/mol. The minimum atomic E-state index is -0.390. The highest BCUT2D eigenvalue weighted by Gasteiger charge is 2.14. The van der Waals surface area contributed by atoms with Gasteiger partial charge in [-0.3, -0.25) is 4.79 Å². The molecule has 0 aromatic heterocycles. The molecule has 2 amide bonds. The highest BCUT2D eigenvalue weighted by molar-refractivity contribution is 8.00. The summed E-state index contributed by atoms with van der Waals surface area (Å²) in [4.78, 5) is 22.4. The third kappa shape index (κ3) is 33.3. The summed E-state index contributed by atoms with van der Waals surface area (Å²) in [6.07, 6.45) is 5.19. The van der Waals surface area contributed by atoms with Crippen LogP contribution in [0.25, 0.3) is 0 Å². The van der Waals surface area contributed by atoms with Crippen LogP contribution in [0, 0.1) is 0 Å². The molecule has 0 bridgehead atoms. The number of thioether (sulfide) groups is 1. The number of carbonyl (C=O) groups excluding carboxylic acids is 2. The van der Waals surface area contributed by atoms with Crippen molar-refractivity contribution in [2.75, 3.05) is 32.1 Å². The molecule has 0 aromatic rings. The number of nitrogens with one attached hydrogen (secondary N) is 2. The Hall–Kier alpha value is -0.990. The Morgan fingerprint density at radius 3 is 1.94 bits per heavy atom. The molecule has 200 valence electrons. The van der Waals surface area contributed by atoms with Gasteiger partial charge in [-0.1, -0.05) is 40.5 Å². The topological polar surface area (TPSA) is 85.9 Å². The number of hydrogen-bond donors (Lipinski definition) is 2. The summed E-state index contributed by atoms with van der Waals surface area (Å²) in [5.41, 5.74) is -0.308. The van der Waals surface area contributed by atoms with E-state index in [0.717, 1.165) is 45.3 Å². The summed E-state index contributed by atoms with van der Waals surface area (Å²) in [6.45, 7) is 22.6. The van der Waals surface area contributed by atoms with Crippen molar-refractivity contribution in [3.05, 3.63) is 0 Å². The van der Waals surface area contributed by atoms with E-state index in [9.17, 15) is 9.59 Å². The Kier molecular flexibility index (Phi) is 28.4. The van der Waals surface area contributed by atoms with Crippen LogP contribution in [-0.4, -0.2) is 61.2 Å². The molecule has 0 saturated carbocycles. The highest BCUT2D eigenvalue weighted by Crippen LogP contribution is 2.12. The molecule has 2 N–H and O–H groups in total. The molecular formula is C25H54N2O5S. The van der Waals surface area contributed by atoms with Gasteiger partial charge in [-0.2, -0.15) is 0 Å². The fraction of sp³-hybridized carbons (Fsp3) is 0.920. The molecule has 0 aliphatic carbocycles. The molecule has 33 heavy (non-hydrogen) atoms. The van der Waals surface area contributed by atoms with Gasteiger partial charge in [0.2, 0.25) is 5.91 Å². The van der Waals surface area contributed by atoms with Gasteiger partial charge in [0.25, 0.3) is 0 Å². The van der Waals surface area contributed by atoms with E-state index >= 15 is 0 Å². The van der Waals surface area contributed by atoms with Crippen LogP contribution in [0.15, 0.2) is 0 Å². The summed E-state index contributed by atoms with van der Waals surface area (Å²) in [5.74, 6) is 0.532. The first-order valence-corrected chi connectivity index (χ1v) is 13.7. The van der Waals surface area contributed by atoms with Crippen LogP contribution >= 0.6 is 11.8 Å². The molecule has 2 unspecified atom stereocenters. The van der Waals surface area contributed by atoms with Crippen LogP contribution in [0.4, 0.5) is 4.79 Å². The maximum absolute atomic E-state index is 11.7. The second-order valence-electron chi connectivity index (χ2n) is 8.31. The van der Waals surface area contributed by atoms with Crippen molar-refractivity contribution in [2.24, 2.45) is 0 Å². The van der Waals surface area contributed by atoms with Gasteiger partial charge < -0.3 is 24.8 Å². The normalized spacial score (nSPS) is 12.3. The molecule has 0 heterocycles. The maximum Gasteiger partial charge on any atom is 0.407 e. The predicted octanol–water partition coefficient (Wildman–Crippen LogP) is 6.15.